The molecule has 1 N–H and O–H groups in total. The van der Waals surface area contributed by atoms with Crippen molar-refractivity contribution in [2.75, 3.05) is 67.6 Å². The Hall–Kier alpha value is -3.37. The summed E-state index contributed by atoms with van der Waals surface area (Å²) in [4.78, 5) is 42.7. The van der Waals surface area contributed by atoms with Crippen LogP contribution in [0.4, 0.5) is 22.7 Å². The summed E-state index contributed by atoms with van der Waals surface area (Å²) in [5, 5.41) is 14.8. The first-order valence-electron chi connectivity index (χ1n) is 12.0. The van der Waals surface area contributed by atoms with Crippen molar-refractivity contribution in [1.82, 2.24) is 4.90 Å². The largest absolute Gasteiger partial charge is 0.378 e. The third-order valence-corrected chi connectivity index (χ3v) is 6.73. The van der Waals surface area contributed by atoms with Crippen LogP contribution >= 0.6 is 11.6 Å². The smallest absolute Gasteiger partial charge is 0.270 e. The number of nitrogens with one attached hydrogen (secondary N) is 1. The molecule has 10 nitrogen and oxygen atoms in total. The number of hydrogen-bond donors (Lipinski definition) is 1. The van der Waals surface area contributed by atoms with Crippen LogP contribution in [-0.4, -0.2) is 74.1 Å². The highest BCUT2D eigenvalue weighted by Gasteiger charge is 2.27. The molecule has 11 heteroatoms. The van der Waals surface area contributed by atoms with Gasteiger partial charge in [0.15, 0.2) is 0 Å². The van der Waals surface area contributed by atoms with E-state index in [1.54, 1.807) is 24.3 Å². The van der Waals surface area contributed by atoms with Gasteiger partial charge in [-0.3, -0.25) is 19.7 Å². The molecule has 2 amide bonds. The topological polar surface area (TPSA) is 108 Å². The van der Waals surface area contributed by atoms with Crippen molar-refractivity contribution in [3.63, 3.8) is 0 Å². The number of non-ortho nitro benzene ring substituents is 1. The molecule has 0 spiro atoms. The number of nitro benzene ring substituents is 1. The first-order chi connectivity index (χ1) is 17.3. The summed E-state index contributed by atoms with van der Waals surface area (Å²) >= 11 is 6.58. The van der Waals surface area contributed by atoms with Crippen LogP contribution in [0.15, 0.2) is 36.4 Å². The Labute approximate surface area is 214 Å². The van der Waals surface area contributed by atoms with Crippen LogP contribution in [0, 0.1) is 16.0 Å². The Morgan fingerprint density at radius 2 is 1.72 bits per heavy atom. The fourth-order valence-corrected chi connectivity index (χ4v) is 4.84. The molecular weight excluding hydrogens is 486 g/mol. The minimum Gasteiger partial charge on any atom is -0.378 e. The standard InChI is InChI=1S/C25H30ClN5O5/c1-17(2)25(33)30-10-8-29(9-11-30)23-20(26)4-3-5-21(23)27-24(32)19-16-18(31(34)35)6-7-22(19)28-12-14-36-15-13-28/h3-7,16-17H,8-15H2,1-2H3,(H,27,32). The molecule has 2 saturated heterocycles. The SMILES string of the molecule is CC(C)C(=O)N1CCN(c2c(Cl)cccc2NC(=O)c2cc([N+](=O)[O-])ccc2N2CCOCC2)CC1. The van der Waals surface area contributed by atoms with E-state index in [2.05, 4.69) is 10.2 Å². The van der Waals surface area contributed by atoms with E-state index in [4.69, 9.17) is 16.3 Å². The van der Waals surface area contributed by atoms with Gasteiger partial charge in [-0.1, -0.05) is 31.5 Å². The number of morpholine rings is 1. The number of benzene rings is 2. The molecule has 192 valence electrons. The molecule has 2 aliphatic rings. The number of nitrogens with zero attached hydrogens (tertiary/aromatic N) is 4. The van der Waals surface area contributed by atoms with Gasteiger partial charge in [0, 0.05) is 57.3 Å². The van der Waals surface area contributed by atoms with Crippen molar-refractivity contribution in [2.45, 2.75) is 13.8 Å². The minimum atomic E-state index is -0.511. The van der Waals surface area contributed by atoms with Crippen molar-refractivity contribution in [2.24, 2.45) is 5.92 Å². The number of ether oxygens (including phenoxy) is 1. The molecule has 0 aliphatic carbocycles. The van der Waals surface area contributed by atoms with Crippen molar-refractivity contribution in [1.29, 1.82) is 0 Å². The molecule has 36 heavy (non-hydrogen) atoms. The van der Waals surface area contributed by atoms with Crippen LogP contribution in [0.2, 0.25) is 5.02 Å². The summed E-state index contributed by atoms with van der Waals surface area (Å²) in [7, 11) is 0. The average molecular weight is 516 g/mol. The van der Waals surface area contributed by atoms with Crippen LogP contribution in [0.1, 0.15) is 24.2 Å². The number of carbonyl (C=O) groups is 2. The Kier molecular flexibility index (Phi) is 7.95. The van der Waals surface area contributed by atoms with E-state index in [0.717, 1.165) is 0 Å². The number of para-hydroxylation sites is 1. The fraction of sp³-hybridized carbons (Fsp3) is 0.440. The number of piperazine rings is 1. The summed E-state index contributed by atoms with van der Waals surface area (Å²) in [6.07, 6.45) is 0. The lowest BCUT2D eigenvalue weighted by atomic mass is 10.1. The summed E-state index contributed by atoms with van der Waals surface area (Å²) < 4.78 is 5.42. The third-order valence-electron chi connectivity index (χ3n) is 6.42. The summed E-state index contributed by atoms with van der Waals surface area (Å²) in [6.45, 7) is 8.22. The summed E-state index contributed by atoms with van der Waals surface area (Å²) in [6, 6.07) is 9.59. The van der Waals surface area contributed by atoms with Crippen LogP contribution in [-0.2, 0) is 9.53 Å². The van der Waals surface area contributed by atoms with Gasteiger partial charge in [-0.15, -0.1) is 0 Å². The highest BCUT2D eigenvalue weighted by atomic mass is 35.5. The van der Waals surface area contributed by atoms with Crippen molar-refractivity contribution in [3.05, 3.63) is 57.1 Å². The van der Waals surface area contributed by atoms with E-state index >= 15 is 0 Å². The van der Waals surface area contributed by atoms with Gasteiger partial charge in [0.05, 0.1) is 45.8 Å². The van der Waals surface area contributed by atoms with E-state index in [-0.39, 0.29) is 23.1 Å². The molecule has 2 fully saturated rings. The maximum Gasteiger partial charge on any atom is 0.270 e. The number of nitro groups is 1. The first-order valence-corrected chi connectivity index (χ1v) is 12.4. The molecular formula is C25H30ClN5O5. The van der Waals surface area contributed by atoms with Gasteiger partial charge >= 0.3 is 0 Å². The van der Waals surface area contributed by atoms with Crippen LogP contribution in [0.25, 0.3) is 0 Å². The fourth-order valence-electron chi connectivity index (χ4n) is 4.54. The zero-order valence-electron chi connectivity index (χ0n) is 20.4. The molecule has 0 radical (unpaired) electrons. The van der Waals surface area contributed by atoms with Gasteiger partial charge in [-0.25, -0.2) is 0 Å². The number of anilines is 3. The molecule has 4 rings (SSSR count). The van der Waals surface area contributed by atoms with Crippen molar-refractivity contribution < 1.29 is 19.2 Å². The van der Waals surface area contributed by atoms with Gasteiger partial charge in [0.25, 0.3) is 11.6 Å². The normalized spacial score (nSPS) is 16.3. The molecule has 2 heterocycles. The zero-order valence-corrected chi connectivity index (χ0v) is 21.2. The van der Waals surface area contributed by atoms with Gasteiger partial charge in [-0.05, 0) is 18.2 Å². The predicted octanol–water partition coefficient (Wildman–Crippen LogP) is 3.64. The maximum atomic E-state index is 13.5. The van der Waals surface area contributed by atoms with E-state index < -0.39 is 10.8 Å². The lowest BCUT2D eigenvalue weighted by Crippen LogP contribution is -2.50. The molecule has 2 aromatic rings. The van der Waals surface area contributed by atoms with E-state index in [1.807, 2.05) is 23.6 Å². The average Bonchev–Trinajstić information content (AvgIpc) is 2.88. The maximum absolute atomic E-state index is 13.5. The van der Waals surface area contributed by atoms with Crippen LogP contribution in [0.3, 0.4) is 0 Å². The molecule has 0 bridgehead atoms. The van der Waals surface area contributed by atoms with Gasteiger partial charge in [-0.2, -0.15) is 0 Å². The molecule has 0 aromatic heterocycles. The van der Waals surface area contributed by atoms with E-state index in [9.17, 15) is 19.7 Å². The molecule has 0 saturated carbocycles. The molecule has 0 unspecified atom stereocenters. The summed E-state index contributed by atoms with van der Waals surface area (Å²) in [5.74, 6) is -0.414. The second kappa shape index (κ2) is 11.1. The van der Waals surface area contributed by atoms with E-state index in [1.165, 1.54) is 12.1 Å². The summed E-state index contributed by atoms with van der Waals surface area (Å²) in [5.41, 5.74) is 1.85. The van der Waals surface area contributed by atoms with Gasteiger partial charge in [0.1, 0.15) is 0 Å². The van der Waals surface area contributed by atoms with Gasteiger partial charge < -0.3 is 24.8 Å². The number of halogens is 1. The Bertz CT molecular complexity index is 1140. The predicted molar refractivity (Wildman–Crippen MR) is 139 cm³/mol. The first kappa shape index (κ1) is 25.7. The van der Waals surface area contributed by atoms with Crippen LogP contribution < -0.4 is 15.1 Å². The zero-order chi connectivity index (χ0) is 25.8. The van der Waals surface area contributed by atoms with Gasteiger partial charge in [0.2, 0.25) is 5.91 Å². The second-order valence-corrected chi connectivity index (χ2v) is 9.52. The third kappa shape index (κ3) is 5.55. The highest BCUT2D eigenvalue weighted by Crippen LogP contribution is 2.36. The minimum absolute atomic E-state index is 0.0673. The lowest BCUT2D eigenvalue weighted by molar-refractivity contribution is -0.384. The van der Waals surface area contributed by atoms with Crippen LogP contribution in [0.5, 0.6) is 0 Å². The molecule has 2 aliphatic heterocycles. The number of rotatable bonds is 6. The Morgan fingerprint density at radius 1 is 1.03 bits per heavy atom. The molecule has 2 aromatic carbocycles. The van der Waals surface area contributed by atoms with Crippen molar-refractivity contribution in [3.8, 4) is 0 Å². The quantitative estimate of drug-likeness (QED) is 0.462. The number of hydrogen-bond acceptors (Lipinski definition) is 7. The Morgan fingerprint density at radius 3 is 2.36 bits per heavy atom. The number of amides is 2. The molecule has 0 atom stereocenters. The highest BCUT2D eigenvalue weighted by molar-refractivity contribution is 6.34. The Balaban J connectivity index is 1.60. The monoisotopic (exact) mass is 515 g/mol. The second-order valence-electron chi connectivity index (χ2n) is 9.12. The lowest BCUT2D eigenvalue weighted by Gasteiger charge is -2.38. The van der Waals surface area contributed by atoms with E-state index in [0.29, 0.717) is 74.6 Å². The van der Waals surface area contributed by atoms with Crippen molar-refractivity contribution >= 4 is 46.2 Å². The number of carbonyl (C=O) groups excluding carboxylic acids is 2.